The Bertz CT molecular complexity index is 677. The number of hydrogen-bond acceptors (Lipinski definition) is 7. The predicted octanol–water partition coefficient (Wildman–Crippen LogP) is 1.89. The molecule has 0 radical (unpaired) electrons. The lowest BCUT2D eigenvalue weighted by Gasteiger charge is -2.40. The predicted molar refractivity (Wildman–Crippen MR) is 87.6 cm³/mol. The van der Waals surface area contributed by atoms with Crippen molar-refractivity contribution in [3.8, 4) is 0 Å². The van der Waals surface area contributed by atoms with E-state index in [9.17, 15) is 4.79 Å². The Morgan fingerprint density at radius 2 is 2.39 bits per heavy atom. The quantitative estimate of drug-likeness (QED) is 0.813. The fourth-order valence-corrected chi connectivity index (χ4v) is 3.06. The maximum atomic E-state index is 12.4. The SMILES string of the molecule is COCCNc1cc(C2CCN2C(=O)c2cscn2)nc(C)n1. The summed E-state index contributed by atoms with van der Waals surface area (Å²) in [6, 6.07) is 1.90. The number of nitrogens with one attached hydrogen (secondary N) is 1. The smallest absolute Gasteiger partial charge is 0.273 e. The molecule has 2 aromatic rings. The lowest BCUT2D eigenvalue weighted by molar-refractivity contribution is 0.0445. The zero-order valence-electron chi connectivity index (χ0n) is 13.2. The Hall–Kier alpha value is -2.06. The van der Waals surface area contributed by atoms with Crippen molar-refractivity contribution < 1.29 is 9.53 Å². The maximum Gasteiger partial charge on any atom is 0.273 e. The number of hydrogen-bond donors (Lipinski definition) is 1. The Morgan fingerprint density at radius 1 is 1.52 bits per heavy atom. The van der Waals surface area contributed by atoms with E-state index in [1.165, 1.54) is 11.3 Å². The number of amides is 1. The molecule has 1 saturated heterocycles. The van der Waals surface area contributed by atoms with Crippen LogP contribution < -0.4 is 5.32 Å². The lowest BCUT2D eigenvalue weighted by Crippen LogP contribution is -2.45. The Labute approximate surface area is 138 Å². The molecule has 8 heteroatoms. The molecule has 7 nitrogen and oxygen atoms in total. The molecule has 1 aliphatic heterocycles. The number of aryl methyl sites for hydroxylation is 1. The first-order chi connectivity index (χ1) is 11.2. The number of aromatic nitrogens is 3. The summed E-state index contributed by atoms with van der Waals surface area (Å²) in [5.41, 5.74) is 3.05. The molecule has 2 aromatic heterocycles. The topological polar surface area (TPSA) is 80.2 Å². The number of likely N-dealkylation sites (tertiary alicyclic amines) is 1. The average molecular weight is 333 g/mol. The molecule has 0 aromatic carbocycles. The molecule has 3 rings (SSSR count). The number of nitrogens with zero attached hydrogens (tertiary/aromatic N) is 4. The zero-order chi connectivity index (χ0) is 16.2. The normalized spacial score (nSPS) is 17.0. The third-order valence-corrected chi connectivity index (χ3v) is 4.33. The third-order valence-electron chi connectivity index (χ3n) is 3.74. The van der Waals surface area contributed by atoms with Crippen molar-refractivity contribution in [1.82, 2.24) is 19.9 Å². The molecule has 1 unspecified atom stereocenters. The fourth-order valence-electron chi connectivity index (χ4n) is 2.54. The zero-order valence-corrected chi connectivity index (χ0v) is 14.0. The molecule has 1 fully saturated rings. The van der Waals surface area contributed by atoms with Crippen molar-refractivity contribution in [3.05, 3.63) is 34.2 Å². The van der Waals surface area contributed by atoms with Crippen molar-refractivity contribution >= 4 is 23.1 Å². The van der Waals surface area contributed by atoms with Crippen molar-refractivity contribution in [1.29, 1.82) is 0 Å². The summed E-state index contributed by atoms with van der Waals surface area (Å²) in [5.74, 6) is 1.42. The molecule has 1 N–H and O–H groups in total. The van der Waals surface area contributed by atoms with Crippen LogP contribution in [0.5, 0.6) is 0 Å². The summed E-state index contributed by atoms with van der Waals surface area (Å²) in [7, 11) is 1.66. The van der Waals surface area contributed by atoms with E-state index in [4.69, 9.17) is 4.74 Å². The molecule has 3 heterocycles. The number of anilines is 1. The van der Waals surface area contributed by atoms with E-state index in [2.05, 4.69) is 20.3 Å². The van der Waals surface area contributed by atoms with Crippen LogP contribution in [0.4, 0.5) is 5.82 Å². The van der Waals surface area contributed by atoms with Crippen molar-refractivity contribution in [3.63, 3.8) is 0 Å². The summed E-state index contributed by atoms with van der Waals surface area (Å²) in [6.45, 7) is 3.88. The third kappa shape index (κ3) is 3.48. The van der Waals surface area contributed by atoms with Crippen LogP contribution in [0, 0.1) is 6.92 Å². The van der Waals surface area contributed by atoms with Gasteiger partial charge in [-0.2, -0.15) is 0 Å². The van der Waals surface area contributed by atoms with Crippen LogP contribution in [-0.2, 0) is 4.74 Å². The van der Waals surface area contributed by atoms with Gasteiger partial charge < -0.3 is 15.0 Å². The molecule has 1 atom stereocenters. The second-order valence-electron chi connectivity index (χ2n) is 5.32. The highest BCUT2D eigenvalue weighted by atomic mass is 32.1. The first-order valence-corrected chi connectivity index (χ1v) is 8.41. The van der Waals surface area contributed by atoms with Crippen LogP contribution in [0.1, 0.15) is 34.5 Å². The summed E-state index contributed by atoms with van der Waals surface area (Å²) >= 11 is 1.43. The van der Waals surface area contributed by atoms with Gasteiger partial charge in [0.05, 0.1) is 23.9 Å². The van der Waals surface area contributed by atoms with Gasteiger partial charge in [0.25, 0.3) is 5.91 Å². The van der Waals surface area contributed by atoms with Gasteiger partial charge in [0, 0.05) is 31.6 Å². The monoisotopic (exact) mass is 333 g/mol. The minimum atomic E-state index is -0.0346. The maximum absolute atomic E-state index is 12.4. The summed E-state index contributed by atoms with van der Waals surface area (Å²) in [4.78, 5) is 27.2. The summed E-state index contributed by atoms with van der Waals surface area (Å²) in [6.07, 6.45) is 0.907. The van der Waals surface area contributed by atoms with Gasteiger partial charge in [-0.3, -0.25) is 4.79 Å². The summed E-state index contributed by atoms with van der Waals surface area (Å²) < 4.78 is 5.03. The Kier molecular flexibility index (Phi) is 4.82. The molecule has 122 valence electrons. The number of ether oxygens (including phenoxy) is 1. The van der Waals surface area contributed by atoms with E-state index >= 15 is 0 Å². The molecule has 0 bridgehead atoms. The van der Waals surface area contributed by atoms with Crippen LogP contribution in [0.3, 0.4) is 0 Å². The standard InChI is InChI=1S/C15H19N5O2S/c1-10-18-11(7-14(19-10)16-4-6-22-2)13-3-5-20(13)15(21)12-8-23-9-17-12/h7-9,13H,3-6H2,1-2H3,(H,16,18,19). The molecule has 1 aliphatic rings. The van der Waals surface area contributed by atoms with E-state index in [0.29, 0.717) is 24.7 Å². The number of carbonyl (C=O) groups excluding carboxylic acids is 1. The second kappa shape index (κ2) is 7.01. The minimum absolute atomic E-state index is 0.00567. The van der Waals surface area contributed by atoms with E-state index in [0.717, 1.165) is 24.5 Å². The highest BCUT2D eigenvalue weighted by Crippen LogP contribution is 2.34. The molecule has 0 saturated carbocycles. The average Bonchev–Trinajstić information content (AvgIpc) is 3.00. The van der Waals surface area contributed by atoms with Crippen LogP contribution in [0.25, 0.3) is 0 Å². The highest BCUT2D eigenvalue weighted by molar-refractivity contribution is 7.07. The number of carbonyl (C=O) groups is 1. The Balaban J connectivity index is 1.74. The van der Waals surface area contributed by atoms with Crippen LogP contribution in [0.2, 0.25) is 0 Å². The second-order valence-corrected chi connectivity index (χ2v) is 6.04. The molecule has 0 spiro atoms. The van der Waals surface area contributed by atoms with Gasteiger partial charge in [0.15, 0.2) is 0 Å². The van der Waals surface area contributed by atoms with Gasteiger partial charge in [-0.05, 0) is 13.3 Å². The van der Waals surface area contributed by atoms with Crippen LogP contribution in [0.15, 0.2) is 17.0 Å². The van der Waals surface area contributed by atoms with Gasteiger partial charge in [-0.15, -0.1) is 11.3 Å². The minimum Gasteiger partial charge on any atom is -0.383 e. The molecule has 0 aliphatic carbocycles. The largest absolute Gasteiger partial charge is 0.383 e. The van der Waals surface area contributed by atoms with Crippen molar-refractivity contribution in [2.45, 2.75) is 19.4 Å². The molecular formula is C15H19N5O2S. The van der Waals surface area contributed by atoms with Gasteiger partial charge in [-0.1, -0.05) is 0 Å². The van der Waals surface area contributed by atoms with E-state index in [-0.39, 0.29) is 11.9 Å². The van der Waals surface area contributed by atoms with Crippen LogP contribution >= 0.6 is 11.3 Å². The van der Waals surface area contributed by atoms with Crippen molar-refractivity contribution in [2.24, 2.45) is 0 Å². The Morgan fingerprint density at radius 3 is 3.04 bits per heavy atom. The van der Waals surface area contributed by atoms with Gasteiger partial charge in [0.1, 0.15) is 17.3 Å². The first kappa shape index (κ1) is 15.8. The van der Waals surface area contributed by atoms with Crippen molar-refractivity contribution in [2.75, 3.05) is 32.1 Å². The highest BCUT2D eigenvalue weighted by Gasteiger charge is 2.35. The van der Waals surface area contributed by atoms with Gasteiger partial charge in [0.2, 0.25) is 0 Å². The number of rotatable bonds is 6. The number of methoxy groups -OCH3 is 1. The lowest BCUT2D eigenvalue weighted by atomic mass is 9.98. The summed E-state index contributed by atoms with van der Waals surface area (Å²) in [5, 5.41) is 4.99. The van der Waals surface area contributed by atoms with E-state index < -0.39 is 0 Å². The van der Waals surface area contributed by atoms with E-state index in [1.54, 1.807) is 18.0 Å². The van der Waals surface area contributed by atoms with Gasteiger partial charge in [-0.25, -0.2) is 15.0 Å². The van der Waals surface area contributed by atoms with Crippen LogP contribution in [-0.4, -0.2) is 52.6 Å². The van der Waals surface area contributed by atoms with E-state index in [1.807, 2.05) is 17.9 Å². The first-order valence-electron chi connectivity index (χ1n) is 7.46. The van der Waals surface area contributed by atoms with Gasteiger partial charge >= 0.3 is 0 Å². The fraction of sp³-hybridized carbons (Fsp3) is 0.467. The molecular weight excluding hydrogens is 314 g/mol. The molecule has 23 heavy (non-hydrogen) atoms. The number of thiazole rings is 1. The molecule has 1 amide bonds.